The highest BCUT2D eigenvalue weighted by Gasteiger charge is 2.56. The fraction of sp³-hybridized carbons (Fsp3) is 1.00. The van der Waals surface area contributed by atoms with Gasteiger partial charge < -0.3 is 4.74 Å². The van der Waals surface area contributed by atoms with Crippen LogP contribution in [-0.4, -0.2) is 24.1 Å². The fourth-order valence-corrected chi connectivity index (χ4v) is 1.70. The lowest BCUT2D eigenvalue weighted by molar-refractivity contribution is -0.130. The molecule has 0 aromatic rings. The Morgan fingerprint density at radius 3 is 2.67 bits per heavy atom. The minimum atomic E-state index is 0.158. The molecule has 0 aromatic carbocycles. The Bertz CT molecular complexity index is 191. The van der Waals surface area contributed by atoms with Crippen LogP contribution in [0.3, 0.4) is 0 Å². The van der Waals surface area contributed by atoms with Crippen molar-refractivity contribution in [3.63, 3.8) is 0 Å². The predicted octanol–water partition coefficient (Wildman–Crippen LogP) is 1.60. The van der Waals surface area contributed by atoms with Gasteiger partial charge in [-0.05, 0) is 5.92 Å². The number of nitrogens with zero attached hydrogens (tertiary/aromatic N) is 1. The van der Waals surface area contributed by atoms with E-state index >= 15 is 0 Å². The summed E-state index contributed by atoms with van der Waals surface area (Å²) in [6.07, 6.45) is 0.460. The van der Waals surface area contributed by atoms with Gasteiger partial charge in [-0.15, -0.1) is 5.06 Å². The SMILES string of the molecule is CC(C)[C@@H]1OCC(C)(C)[C@H]2ON12. The third kappa shape index (κ3) is 1.16. The molecule has 3 heteroatoms. The van der Waals surface area contributed by atoms with Crippen LogP contribution in [-0.2, 0) is 9.57 Å². The van der Waals surface area contributed by atoms with Gasteiger partial charge in [0.05, 0.1) is 6.61 Å². The molecule has 0 N–H and O–H groups in total. The Hall–Kier alpha value is -0.120. The van der Waals surface area contributed by atoms with Crippen LogP contribution < -0.4 is 0 Å². The summed E-state index contributed by atoms with van der Waals surface area (Å²) in [5, 5.41) is 1.98. The molecule has 0 aromatic heterocycles. The van der Waals surface area contributed by atoms with Crippen molar-refractivity contribution in [2.45, 2.75) is 40.2 Å². The Morgan fingerprint density at radius 2 is 2.08 bits per heavy atom. The Kier molecular flexibility index (Phi) is 1.72. The third-order valence-electron chi connectivity index (χ3n) is 2.52. The summed E-state index contributed by atoms with van der Waals surface area (Å²) in [4.78, 5) is 5.48. The molecule has 0 aliphatic carbocycles. The van der Waals surface area contributed by atoms with E-state index in [4.69, 9.17) is 9.57 Å². The zero-order valence-electron chi connectivity index (χ0n) is 8.20. The summed E-state index contributed by atoms with van der Waals surface area (Å²) in [7, 11) is 0. The van der Waals surface area contributed by atoms with Gasteiger partial charge in [-0.1, -0.05) is 27.7 Å². The van der Waals surface area contributed by atoms with Crippen LogP contribution in [0.15, 0.2) is 0 Å². The number of ether oxygens (including phenoxy) is 1. The van der Waals surface area contributed by atoms with Crippen LogP contribution in [0.25, 0.3) is 0 Å². The summed E-state index contributed by atoms with van der Waals surface area (Å²) in [6.45, 7) is 9.46. The second kappa shape index (κ2) is 2.44. The van der Waals surface area contributed by atoms with Crippen LogP contribution in [0.2, 0.25) is 0 Å². The standard InChI is InChI=1S/C9H17NO2/c1-6(2)7-10-8(12-10)9(3,4)5-11-7/h6-8H,5H2,1-4H3/t7-,8+,10?/m0/s1. The monoisotopic (exact) mass is 171 g/mol. The van der Waals surface area contributed by atoms with Gasteiger partial charge in [0, 0.05) is 5.41 Å². The molecule has 2 saturated heterocycles. The predicted molar refractivity (Wildman–Crippen MR) is 45.1 cm³/mol. The lowest BCUT2D eigenvalue weighted by Crippen LogP contribution is -2.43. The summed E-state index contributed by atoms with van der Waals surface area (Å²) < 4.78 is 5.71. The largest absolute Gasteiger partial charge is 0.360 e. The van der Waals surface area contributed by atoms with Crippen LogP contribution in [0, 0.1) is 11.3 Å². The molecule has 0 radical (unpaired) electrons. The highest BCUT2D eigenvalue weighted by atomic mass is 16.9. The van der Waals surface area contributed by atoms with Crippen molar-refractivity contribution in [3.05, 3.63) is 0 Å². The average molecular weight is 171 g/mol. The van der Waals surface area contributed by atoms with Crippen molar-refractivity contribution in [1.82, 2.24) is 5.06 Å². The molecule has 2 rings (SSSR count). The maximum Gasteiger partial charge on any atom is 0.164 e. The first-order valence-corrected chi connectivity index (χ1v) is 4.59. The van der Waals surface area contributed by atoms with E-state index in [-0.39, 0.29) is 11.6 Å². The summed E-state index contributed by atoms with van der Waals surface area (Å²) >= 11 is 0. The highest BCUT2D eigenvalue weighted by Crippen LogP contribution is 2.44. The van der Waals surface area contributed by atoms with E-state index in [0.717, 1.165) is 6.61 Å². The Balaban J connectivity index is 2.03. The van der Waals surface area contributed by atoms with Gasteiger partial charge >= 0.3 is 0 Å². The van der Waals surface area contributed by atoms with E-state index in [1.54, 1.807) is 0 Å². The zero-order valence-corrected chi connectivity index (χ0v) is 8.20. The molecule has 0 saturated carbocycles. The van der Waals surface area contributed by atoms with Crippen LogP contribution in [0.5, 0.6) is 0 Å². The van der Waals surface area contributed by atoms with Crippen molar-refractivity contribution < 1.29 is 9.57 Å². The number of fused-ring (bicyclic) bond motifs is 1. The molecule has 2 aliphatic rings. The lowest BCUT2D eigenvalue weighted by atomic mass is 9.92. The van der Waals surface area contributed by atoms with E-state index in [2.05, 4.69) is 27.7 Å². The average Bonchev–Trinajstić information content (AvgIpc) is 2.65. The topological polar surface area (TPSA) is 24.8 Å². The number of hydrogen-bond acceptors (Lipinski definition) is 3. The maximum atomic E-state index is 5.71. The van der Waals surface area contributed by atoms with Crippen molar-refractivity contribution in [3.8, 4) is 0 Å². The van der Waals surface area contributed by atoms with Gasteiger partial charge in [0.2, 0.25) is 0 Å². The van der Waals surface area contributed by atoms with Crippen LogP contribution in [0.4, 0.5) is 0 Å². The molecular weight excluding hydrogens is 154 g/mol. The van der Waals surface area contributed by atoms with Crippen molar-refractivity contribution in [2.24, 2.45) is 11.3 Å². The van der Waals surface area contributed by atoms with Gasteiger partial charge in [-0.2, -0.15) is 0 Å². The molecule has 70 valence electrons. The first-order chi connectivity index (χ1) is 5.52. The van der Waals surface area contributed by atoms with Gasteiger partial charge in [0.1, 0.15) is 6.23 Å². The number of hydrogen-bond donors (Lipinski definition) is 0. The van der Waals surface area contributed by atoms with E-state index in [1.165, 1.54) is 0 Å². The maximum absolute atomic E-state index is 5.71. The molecule has 3 atom stereocenters. The molecule has 2 aliphatic heterocycles. The van der Waals surface area contributed by atoms with Crippen LogP contribution in [0.1, 0.15) is 27.7 Å². The minimum Gasteiger partial charge on any atom is -0.360 e. The molecule has 2 heterocycles. The summed E-state index contributed by atoms with van der Waals surface area (Å²) in [5.41, 5.74) is 0.158. The minimum absolute atomic E-state index is 0.158. The molecule has 3 nitrogen and oxygen atoms in total. The normalized spacial score (nSPS) is 44.2. The Morgan fingerprint density at radius 1 is 1.42 bits per heavy atom. The van der Waals surface area contributed by atoms with Gasteiger partial charge in [-0.3, -0.25) is 4.84 Å². The number of hydroxylamine groups is 2. The molecular formula is C9H17NO2. The lowest BCUT2D eigenvalue weighted by Gasteiger charge is -2.32. The van der Waals surface area contributed by atoms with Crippen molar-refractivity contribution in [1.29, 1.82) is 0 Å². The van der Waals surface area contributed by atoms with Gasteiger partial charge in [0.15, 0.2) is 6.23 Å². The molecule has 12 heavy (non-hydrogen) atoms. The molecule has 1 unspecified atom stereocenters. The van der Waals surface area contributed by atoms with Crippen molar-refractivity contribution >= 4 is 0 Å². The first kappa shape index (κ1) is 8.48. The fourth-order valence-electron chi connectivity index (χ4n) is 1.70. The quantitative estimate of drug-likeness (QED) is 0.560. The van der Waals surface area contributed by atoms with Gasteiger partial charge in [0.25, 0.3) is 0 Å². The third-order valence-corrected chi connectivity index (χ3v) is 2.52. The van der Waals surface area contributed by atoms with E-state index in [1.807, 2.05) is 5.06 Å². The molecule has 0 amide bonds. The first-order valence-electron chi connectivity index (χ1n) is 4.59. The second-order valence-electron chi connectivity index (χ2n) is 4.75. The van der Waals surface area contributed by atoms with E-state index in [0.29, 0.717) is 12.1 Å². The highest BCUT2D eigenvalue weighted by molar-refractivity contribution is 4.89. The van der Waals surface area contributed by atoms with Crippen molar-refractivity contribution in [2.75, 3.05) is 6.61 Å². The molecule has 2 fully saturated rings. The second-order valence-corrected chi connectivity index (χ2v) is 4.75. The smallest absolute Gasteiger partial charge is 0.164 e. The van der Waals surface area contributed by atoms with Gasteiger partial charge in [-0.25, -0.2) is 0 Å². The number of rotatable bonds is 1. The Labute approximate surface area is 73.6 Å². The van der Waals surface area contributed by atoms with Crippen LogP contribution >= 0.6 is 0 Å². The van der Waals surface area contributed by atoms with E-state index < -0.39 is 0 Å². The van der Waals surface area contributed by atoms with E-state index in [9.17, 15) is 0 Å². The zero-order chi connectivity index (χ0) is 8.93. The molecule has 0 spiro atoms. The summed E-state index contributed by atoms with van der Waals surface area (Å²) in [6, 6.07) is 0. The summed E-state index contributed by atoms with van der Waals surface area (Å²) in [5.74, 6) is 0.506. The molecule has 0 bridgehead atoms.